The number of halogens is 2. The van der Waals surface area contributed by atoms with Crippen LogP contribution in [0.1, 0.15) is 12.5 Å². The maximum Gasteiger partial charge on any atom is 0.272 e. The first-order chi connectivity index (χ1) is 6.48. The van der Waals surface area contributed by atoms with E-state index in [1.807, 2.05) is 0 Å². The maximum absolute atomic E-state index is 13.1. The predicted octanol–water partition coefficient (Wildman–Crippen LogP) is 2.86. The van der Waals surface area contributed by atoms with E-state index < -0.39 is 5.92 Å². The summed E-state index contributed by atoms with van der Waals surface area (Å²) in [6, 6.07) is 4.93. The minimum Gasteiger partial charge on any atom is -0.399 e. The van der Waals surface area contributed by atoms with E-state index in [1.54, 1.807) is 18.2 Å². The molecular formula is C10H10F2N2. The van der Waals surface area contributed by atoms with Crippen LogP contribution in [-0.4, -0.2) is 4.98 Å². The Morgan fingerprint density at radius 2 is 2.07 bits per heavy atom. The van der Waals surface area contributed by atoms with E-state index in [1.165, 1.54) is 6.20 Å². The van der Waals surface area contributed by atoms with Gasteiger partial charge in [0, 0.05) is 35.3 Å². The smallest absolute Gasteiger partial charge is 0.272 e. The summed E-state index contributed by atoms with van der Waals surface area (Å²) in [4.78, 5) is 2.79. The van der Waals surface area contributed by atoms with Gasteiger partial charge in [-0.1, -0.05) is 0 Å². The predicted molar refractivity (Wildman–Crippen MR) is 52.3 cm³/mol. The zero-order valence-corrected chi connectivity index (χ0v) is 7.64. The zero-order valence-electron chi connectivity index (χ0n) is 7.64. The summed E-state index contributed by atoms with van der Waals surface area (Å²) in [5, 5.41) is 0.484. The first kappa shape index (κ1) is 8.99. The van der Waals surface area contributed by atoms with E-state index in [0.29, 0.717) is 16.6 Å². The van der Waals surface area contributed by atoms with Gasteiger partial charge in [0.15, 0.2) is 0 Å². The molecule has 0 saturated carbocycles. The molecule has 0 unspecified atom stereocenters. The third-order valence-corrected chi connectivity index (χ3v) is 2.18. The molecular weight excluding hydrogens is 186 g/mol. The molecule has 74 valence electrons. The lowest BCUT2D eigenvalue weighted by molar-refractivity contribution is 0.0191. The second-order valence-electron chi connectivity index (χ2n) is 3.40. The molecule has 0 radical (unpaired) electrons. The Balaban J connectivity index is 2.73. The van der Waals surface area contributed by atoms with Gasteiger partial charge in [0.25, 0.3) is 5.92 Å². The molecule has 0 amide bonds. The second kappa shape index (κ2) is 2.70. The summed E-state index contributed by atoms with van der Waals surface area (Å²) >= 11 is 0. The number of aromatic amines is 1. The van der Waals surface area contributed by atoms with Gasteiger partial charge in [0.05, 0.1) is 0 Å². The molecule has 0 aliphatic carbocycles. The van der Waals surface area contributed by atoms with Crippen LogP contribution in [0.25, 0.3) is 10.9 Å². The van der Waals surface area contributed by atoms with Gasteiger partial charge in [-0.15, -0.1) is 0 Å². The molecule has 1 aromatic heterocycles. The Bertz CT molecular complexity index is 468. The van der Waals surface area contributed by atoms with Crippen molar-refractivity contribution in [3.63, 3.8) is 0 Å². The van der Waals surface area contributed by atoms with Gasteiger partial charge in [-0.2, -0.15) is 0 Å². The van der Waals surface area contributed by atoms with E-state index in [4.69, 9.17) is 5.73 Å². The highest BCUT2D eigenvalue weighted by Gasteiger charge is 2.27. The van der Waals surface area contributed by atoms with Crippen LogP contribution in [0.3, 0.4) is 0 Å². The molecule has 0 fully saturated rings. The van der Waals surface area contributed by atoms with Crippen molar-refractivity contribution < 1.29 is 8.78 Å². The Labute approximate surface area is 79.7 Å². The van der Waals surface area contributed by atoms with Gasteiger partial charge in [0.2, 0.25) is 0 Å². The summed E-state index contributed by atoms with van der Waals surface area (Å²) in [7, 11) is 0. The summed E-state index contributed by atoms with van der Waals surface area (Å²) in [5.74, 6) is -2.84. The molecule has 0 aliphatic rings. The minimum absolute atomic E-state index is 0.0141. The van der Waals surface area contributed by atoms with Crippen LogP contribution in [-0.2, 0) is 5.92 Å². The van der Waals surface area contributed by atoms with Crippen molar-refractivity contribution in [1.29, 1.82) is 0 Å². The van der Waals surface area contributed by atoms with Crippen molar-refractivity contribution in [2.24, 2.45) is 0 Å². The van der Waals surface area contributed by atoms with Crippen molar-refractivity contribution in [1.82, 2.24) is 4.98 Å². The van der Waals surface area contributed by atoms with E-state index in [2.05, 4.69) is 4.98 Å². The van der Waals surface area contributed by atoms with Gasteiger partial charge in [-0.05, 0) is 18.2 Å². The molecule has 0 saturated heterocycles. The number of aromatic nitrogens is 1. The Morgan fingerprint density at radius 1 is 1.36 bits per heavy atom. The number of nitrogen functional groups attached to an aromatic ring is 1. The molecule has 0 atom stereocenters. The van der Waals surface area contributed by atoms with E-state index in [-0.39, 0.29) is 5.56 Å². The number of H-pyrrole nitrogens is 1. The number of anilines is 1. The number of nitrogens with two attached hydrogens (primary N) is 1. The van der Waals surface area contributed by atoms with E-state index in [9.17, 15) is 8.78 Å². The SMILES string of the molecule is CC(F)(F)c1c[nH]c2ccc(N)cc12. The highest BCUT2D eigenvalue weighted by molar-refractivity contribution is 5.86. The quantitative estimate of drug-likeness (QED) is 0.676. The molecule has 3 N–H and O–H groups in total. The average Bonchev–Trinajstić information content (AvgIpc) is 2.45. The number of benzene rings is 1. The zero-order chi connectivity index (χ0) is 10.3. The van der Waals surface area contributed by atoms with Gasteiger partial charge in [-0.3, -0.25) is 0 Å². The fourth-order valence-corrected chi connectivity index (χ4v) is 1.50. The number of hydrogen-bond donors (Lipinski definition) is 2. The number of nitrogens with one attached hydrogen (secondary N) is 1. The lowest BCUT2D eigenvalue weighted by atomic mass is 10.1. The Morgan fingerprint density at radius 3 is 2.71 bits per heavy atom. The standard InChI is InChI=1S/C10H10F2N2/c1-10(11,12)8-5-14-9-3-2-6(13)4-7(8)9/h2-5,14H,13H2,1H3. The lowest BCUT2D eigenvalue weighted by Gasteiger charge is -2.08. The van der Waals surface area contributed by atoms with Crippen LogP contribution in [0.5, 0.6) is 0 Å². The van der Waals surface area contributed by atoms with Gasteiger partial charge < -0.3 is 10.7 Å². The summed E-state index contributed by atoms with van der Waals surface area (Å²) < 4.78 is 26.2. The van der Waals surface area contributed by atoms with Crippen molar-refractivity contribution in [3.8, 4) is 0 Å². The van der Waals surface area contributed by atoms with E-state index >= 15 is 0 Å². The largest absolute Gasteiger partial charge is 0.399 e. The maximum atomic E-state index is 13.1. The third kappa shape index (κ3) is 1.32. The molecule has 2 aromatic rings. The lowest BCUT2D eigenvalue weighted by Crippen LogP contribution is -2.05. The Kier molecular flexibility index (Phi) is 1.74. The van der Waals surface area contributed by atoms with Gasteiger partial charge in [-0.25, -0.2) is 8.78 Å². The highest BCUT2D eigenvalue weighted by Crippen LogP contribution is 2.33. The average molecular weight is 196 g/mol. The van der Waals surface area contributed by atoms with Crippen molar-refractivity contribution in [2.45, 2.75) is 12.8 Å². The molecule has 0 spiro atoms. The van der Waals surface area contributed by atoms with Gasteiger partial charge >= 0.3 is 0 Å². The fourth-order valence-electron chi connectivity index (χ4n) is 1.50. The fraction of sp³-hybridized carbons (Fsp3) is 0.200. The highest BCUT2D eigenvalue weighted by atomic mass is 19.3. The van der Waals surface area contributed by atoms with Crippen molar-refractivity contribution >= 4 is 16.6 Å². The third-order valence-electron chi connectivity index (χ3n) is 2.18. The molecule has 4 heteroatoms. The first-order valence-electron chi connectivity index (χ1n) is 4.23. The number of rotatable bonds is 1. The second-order valence-corrected chi connectivity index (χ2v) is 3.40. The van der Waals surface area contributed by atoms with Crippen LogP contribution in [0, 0.1) is 0 Å². The van der Waals surface area contributed by atoms with Crippen molar-refractivity contribution in [3.05, 3.63) is 30.0 Å². The molecule has 2 nitrogen and oxygen atoms in total. The summed E-state index contributed by atoms with van der Waals surface area (Å²) in [6.45, 7) is 0.874. The molecule has 1 heterocycles. The number of alkyl halides is 2. The van der Waals surface area contributed by atoms with Crippen LogP contribution in [0.2, 0.25) is 0 Å². The molecule has 0 bridgehead atoms. The molecule has 14 heavy (non-hydrogen) atoms. The molecule has 0 aliphatic heterocycles. The summed E-state index contributed by atoms with van der Waals surface area (Å²) in [5.41, 5.74) is 6.69. The molecule has 1 aromatic carbocycles. The number of hydrogen-bond acceptors (Lipinski definition) is 1. The minimum atomic E-state index is -2.84. The normalized spacial score (nSPS) is 12.2. The Hall–Kier alpha value is -1.58. The van der Waals surface area contributed by atoms with Crippen molar-refractivity contribution in [2.75, 3.05) is 5.73 Å². The molecule has 2 rings (SSSR count). The van der Waals surface area contributed by atoms with Crippen LogP contribution < -0.4 is 5.73 Å². The van der Waals surface area contributed by atoms with Crippen LogP contribution in [0.4, 0.5) is 14.5 Å². The van der Waals surface area contributed by atoms with Gasteiger partial charge in [0.1, 0.15) is 0 Å². The number of fused-ring (bicyclic) bond motifs is 1. The van der Waals surface area contributed by atoms with Crippen LogP contribution >= 0.6 is 0 Å². The first-order valence-corrected chi connectivity index (χ1v) is 4.23. The van der Waals surface area contributed by atoms with Crippen LogP contribution in [0.15, 0.2) is 24.4 Å². The summed E-state index contributed by atoms with van der Waals surface area (Å²) in [6.07, 6.45) is 1.32. The monoisotopic (exact) mass is 196 g/mol. The van der Waals surface area contributed by atoms with E-state index in [0.717, 1.165) is 6.92 Å². The topological polar surface area (TPSA) is 41.8 Å².